The molecule has 0 aliphatic carbocycles. The van der Waals surface area contributed by atoms with Crippen LogP contribution in [0.4, 0.5) is 0 Å². The monoisotopic (exact) mass is 311 g/mol. The van der Waals surface area contributed by atoms with Crippen molar-refractivity contribution in [2.75, 3.05) is 20.8 Å². The van der Waals surface area contributed by atoms with Crippen molar-refractivity contribution in [1.82, 2.24) is 4.90 Å². The van der Waals surface area contributed by atoms with Gasteiger partial charge in [-0.3, -0.25) is 4.79 Å². The van der Waals surface area contributed by atoms with Crippen molar-refractivity contribution in [3.8, 4) is 11.5 Å². The Morgan fingerprint density at radius 1 is 1.09 bits per heavy atom. The van der Waals surface area contributed by atoms with Crippen LogP contribution in [-0.2, 0) is 6.42 Å². The second-order valence-corrected chi connectivity index (χ2v) is 5.70. The first-order chi connectivity index (χ1) is 11.2. The lowest BCUT2D eigenvalue weighted by molar-refractivity contribution is 0.0677. The third-order valence-electron chi connectivity index (χ3n) is 4.47. The summed E-state index contributed by atoms with van der Waals surface area (Å²) < 4.78 is 10.8. The van der Waals surface area contributed by atoms with Gasteiger partial charge in [-0.1, -0.05) is 18.2 Å². The Kier molecular flexibility index (Phi) is 4.24. The van der Waals surface area contributed by atoms with E-state index in [1.807, 2.05) is 47.4 Å². The summed E-state index contributed by atoms with van der Waals surface area (Å²) in [5.41, 5.74) is 3.06. The molecule has 0 aromatic heterocycles. The van der Waals surface area contributed by atoms with E-state index in [1.165, 1.54) is 5.56 Å². The molecule has 1 atom stereocenters. The standard InChI is InChI=1S/C19H21NO3/c1-13-16-12-18(23-3)17(22-2)11-15(16)9-10-20(13)19(21)14-7-5-4-6-8-14/h4-8,11-13H,9-10H2,1-3H3/t13-/m0/s1. The maximum Gasteiger partial charge on any atom is 0.254 e. The fourth-order valence-electron chi connectivity index (χ4n) is 3.17. The van der Waals surface area contributed by atoms with E-state index in [2.05, 4.69) is 6.92 Å². The Morgan fingerprint density at radius 2 is 1.74 bits per heavy atom. The largest absolute Gasteiger partial charge is 0.493 e. The number of hydrogen-bond donors (Lipinski definition) is 0. The Labute approximate surface area is 136 Å². The lowest BCUT2D eigenvalue weighted by Gasteiger charge is -2.36. The molecule has 4 heteroatoms. The first kappa shape index (κ1) is 15.4. The zero-order valence-electron chi connectivity index (χ0n) is 13.7. The minimum Gasteiger partial charge on any atom is -0.493 e. The maximum atomic E-state index is 12.8. The Hall–Kier alpha value is -2.49. The Bertz CT molecular complexity index is 712. The minimum atomic E-state index is 0.00580. The summed E-state index contributed by atoms with van der Waals surface area (Å²) in [6.45, 7) is 2.77. The summed E-state index contributed by atoms with van der Waals surface area (Å²) >= 11 is 0. The fourth-order valence-corrected chi connectivity index (χ4v) is 3.17. The van der Waals surface area contributed by atoms with E-state index in [0.717, 1.165) is 23.3 Å². The number of carbonyl (C=O) groups excluding carboxylic acids is 1. The highest BCUT2D eigenvalue weighted by molar-refractivity contribution is 5.94. The van der Waals surface area contributed by atoms with E-state index in [4.69, 9.17) is 9.47 Å². The van der Waals surface area contributed by atoms with Gasteiger partial charge < -0.3 is 14.4 Å². The number of hydrogen-bond acceptors (Lipinski definition) is 3. The number of nitrogens with zero attached hydrogens (tertiary/aromatic N) is 1. The molecule has 2 aromatic rings. The number of ether oxygens (including phenoxy) is 2. The number of methoxy groups -OCH3 is 2. The van der Waals surface area contributed by atoms with Gasteiger partial charge in [0.15, 0.2) is 11.5 Å². The average Bonchev–Trinajstić information content (AvgIpc) is 2.61. The van der Waals surface area contributed by atoms with Gasteiger partial charge in [0.2, 0.25) is 0 Å². The van der Waals surface area contributed by atoms with Crippen molar-refractivity contribution in [2.45, 2.75) is 19.4 Å². The van der Waals surface area contributed by atoms with Crippen molar-refractivity contribution in [1.29, 1.82) is 0 Å². The molecule has 4 nitrogen and oxygen atoms in total. The molecule has 3 rings (SSSR count). The number of fused-ring (bicyclic) bond motifs is 1. The van der Waals surface area contributed by atoms with Crippen molar-refractivity contribution >= 4 is 5.91 Å². The molecule has 1 heterocycles. The zero-order chi connectivity index (χ0) is 16.4. The van der Waals surface area contributed by atoms with E-state index in [-0.39, 0.29) is 11.9 Å². The summed E-state index contributed by atoms with van der Waals surface area (Å²) in [5, 5.41) is 0. The van der Waals surface area contributed by atoms with Gasteiger partial charge in [-0.25, -0.2) is 0 Å². The third kappa shape index (κ3) is 2.77. The van der Waals surface area contributed by atoms with Crippen LogP contribution < -0.4 is 9.47 Å². The van der Waals surface area contributed by atoms with Gasteiger partial charge in [-0.05, 0) is 48.7 Å². The summed E-state index contributed by atoms with van der Waals surface area (Å²) in [5.74, 6) is 1.51. The van der Waals surface area contributed by atoms with Crippen molar-refractivity contribution in [3.63, 3.8) is 0 Å². The SMILES string of the molecule is COc1cc2c(cc1OC)[C@H](C)N(C(=O)c1ccccc1)CC2. The molecule has 0 N–H and O–H groups in total. The predicted octanol–water partition coefficient (Wildman–Crippen LogP) is 3.46. The molecule has 1 aliphatic heterocycles. The van der Waals surface area contributed by atoms with Crippen LogP contribution in [0.1, 0.15) is 34.5 Å². The van der Waals surface area contributed by atoms with E-state index in [0.29, 0.717) is 12.3 Å². The highest BCUT2D eigenvalue weighted by Crippen LogP contribution is 2.38. The molecule has 0 spiro atoms. The number of amides is 1. The second kappa shape index (κ2) is 6.32. The molecule has 0 radical (unpaired) electrons. The fraction of sp³-hybridized carbons (Fsp3) is 0.316. The van der Waals surface area contributed by atoms with Crippen LogP contribution in [-0.4, -0.2) is 31.6 Å². The summed E-state index contributed by atoms with van der Waals surface area (Å²) in [4.78, 5) is 14.7. The molecule has 2 aromatic carbocycles. The molecule has 0 bridgehead atoms. The molecule has 0 saturated carbocycles. The first-order valence-electron chi connectivity index (χ1n) is 7.76. The lowest BCUT2D eigenvalue weighted by Crippen LogP contribution is -2.38. The zero-order valence-corrected chi connectivity index (χ0v) is 13.7. The molecular formula is C19H21NO3. The van der Waals surface area contributed by atoms with Crippen LogP contribution in [0, 0.1) is 0 Å². The summed E-state index contributed by atoms with van der Waals surface area (Å²) in [7, 11) is 3.27. The van der Waals surface area contributed by atoms with E-state index in [9.17, 15) is 4.79 Å². The quantitative estimate of drug-likeness (QED) is 0.871. The highest BCUT2D eigenvalue weighted by Gasteiger charge is 2.29. The average molecular weight is 311 g/mol. The van der Waals surface area contributed by atoms with Crippen molar-refractivity contribution in [3.05, 3.63) is 59.2 Å². The molecule has 1 amide bonds. The molecule has 0 saturated heterocycles. The van der Waals surface area contributed by atoms with Crippen LogP contribution in [0.2, 0.25) is 0 Å². The predicted molar refractivity (Wildman–Crippen MR) is 89.1 cm³/mol. The Balaban J connectivity index is 1.94. The minimum absolute atomic E-state index is 0.00580. The Morgan fingerprint density at radius 3 is 2.39 bits per heavy atom. The van der Waals surface area contributed by atoms with Gasteiger partial charge in [0.25, 0.3) is 5.91 Å². The molecule has 0 fully saturated rings. The first-order valence-corrected chi connectivity index (χ1v) is 7.76. The number of benzene rings is 2. The van der Waals surface area contributed by atoms with Crippen LogP contribution in [0.3, 0.4) is 0 Å². The van der Waals surface area contributed by atoms with Gasteiger partial charge in [-0.2, -0.15) is 0 Å². The normalized spacial score (nSPS) is 16.7. The van der Waals surface area contributed by atoms with Crippen LogP contribution in [0.5, 0.6) is 11.5 Å². The second-order valence-electron chi connectivity index (χ2n) is 5.70. The summed E-state index contributed by atoms with van der Waals surface area (Å²) in [6.07, 6.45) is 0.818. The third-order valence-corrected chi connectivity index (χ3v) is 4.47. The van der Waals surface area contributed by atoms with E-state index >= 15 is 0 Å². The molecule has 23 heavy (non-hydrogen) atoms. The van der Waals surface area contributed by atoms with Gasteiger partial charge >= 0.3 is 0 Å². The maximum absolute atomic E-state index is 12.8. The van der Waals surface area contributed by atoms with Gasteiger partial charge in [0.1, 0.15) is 0 Å². The summed E-state index contributed by atoms with van der Waals surface area (Å²) in [6, 6.07) is 13.4. The highest BCUT2D eigenvalue weighted by atomic mass is 16.5. The van der Waals surface area contributed by atoms with Crippen LogP contribution >= 0.6 is 0 Å². The van der Waals surface area contributed by atoms with Gasteiger partial charge in [0.05, 0.1) is 20.3 Å². The van der Waals surface area contributed by atoms with Crippen molar-refractivity contribution in [2.24, 2.45) is 0 Å². The molecule has 0 unspecified atom stereocenters. The molecule has 1 aliphatic rings. The number of rotatable bonds is 3. The topological polar surface area (TPSA) is 38.8 Å². The van der Waals surface area contributed by atoms with Gasteiger partial charge in [-0.15, -0.1) is 0 Å². The molecule has 120 valence electrons. The number of carbonyl (C=O) groups is 1. The van der Waals surface area contributed by atoms with Crippen LogP contribution in [0.25, 0.3) is 0 Å². The van der Waals surface area contributed by atoms with Gasteiger partial charge in [0, 0.05) is 12.1 Å². The van der Waals surface area contributed by atoms with E-state index < -0.39 is 0 Å². The van der Waals surface area contributed by atoms with Crippen LogP contribution in [0.15, 0.2) is 42.5 Å². The smallest absolute Gasteiger partial charge is 0.254 e. The lowest BCUT2D eigenvalue weighted by atomic mass is 9.92. The molecular weight excluding hydrogens is 290 g/mol. The van der Waals surface area contributed by atoms with Crippen molar-refractivity contribution < 1.29 is 14.3 Å². The van der Waals surface area contributed by atoms with E-state index in [1.54, 1.807) is 14.2 Å².